The highest BCUT2D eigenvalue weighted by molar-refractivity contribution is 5.83. The highest BCUT2D eigenvalue weighted by atomic mass is 19.4. The number of H-pyrrole nitrogens is 1. The molecule has 0 amide bonds. The van der Waals surface area contributed by atoms with Crippen molar-refractivity contribution in [1.82, 2.24) is 9.97 Å². The van der Waals surface area contributed by atoms with Gasteiger partial charge in [-0.2, -0.15) is 13.2 Å². The van der Waals surface area contributed by atoms with E-state index in [4.69, 9.17) is 0 Å². The fraction of sp³-hybridized carbons (Fsp3) is 0.269. The van der Waals surface area contributed by atoms with E-state index >= 15 is 0 Å². The molecule has 2 N–H and O–H groups in total. The average molecular weight is 438 g/mol. The van der Waals surface area contributed by atoms with Crippen LogP contribution in [-0.2, 0) is 11.8 Å². The Morgan fingerprint density at radius 1 is 0.906 bits per heavy atom. The van der Waals surface area contributed by atoms with Gasteiger partial charge in [0.2, 0.25) is 0 Å². The van der Waals surface area contributed by atoms with E-state index in [0.29, 0.717) is 5.92 Å². The van der Waals surface area contributed by atoms with Crippen molar-refractivity contribution >= 4 is 11.0 Å². The number of nitrogens with one attached hydrogen (secondary N) is 1. The van der Waals surface area contributed by atoms with Crippen LogP contribution in [0.1, 0.15) is 49.6 Å². The van der Waals surface area contributed by atoms with Gasteiger partial charge in [0.05, 0.1) is 22.2 Å². The van der Waals surface area contributed by atoms with Crippen molar-refractivity contribution in [3.8, 4) is 11.1 Å². The lowest BCUT2D eigenvalue weighted by Gasteiger charge is -2.21. The molecule has 0 saturated heterocycles. The molecular formula is C26H25F3N2O. The number of aliphatic hydroxyl groups is 1. The molecule has 32 heavy (non-hydrogen) atoms. The third-order valence-corrected chi connectivity index (χ3v) is 5.46. The molecule has 166 valence electrons. The quantitative estimate of drug-likeness (QED) is 0.360. The molecule has 3 aromatic carbocycles. The van der Waals surface area contributed by atoms with Gasteiger partial charge in [-0.1, -0.05) is 60.7 Å². The standard InChI is InChI=1S/C19H20N2O.C7H5F3/c1-19(2,22)15-6-4-3-5-14(15)13-9-10-16-17(11-13)21-18(20-16)12-7-8-12;8-7(9,10)6-4-2-1-3-5-6/h3-6,9-12,22H,7-8H2,1-2H3,(H,20,21);1-5H. The van der Waals surface area contributed by atoms with Crippen LogP contribution in [0.25, 0.3) is 22.2 Å². The predicted octanol–water partition coefficient (Wildman–Crippen LogP) is 7.04. The Kier molecular flexibility index (Phi) is 5.82. The topological polar surface area (TPSA) is 48.9 Å². The van der Waals surface area contributed by atoms with Gasteiger partial charge in [0.15, 0.2) is 0 Å². The molecule has 0 spiro atoms. The Balaban J connectivity index is 0.000000207. The summed E-state index contributed by atoms with van der Waals surface area (Å²) in [6, 6.07) is 20.7. The molecule has 1 fully saturated rings. The van der Waals surface area contributed by atoms with Crippen molar-refractivity contribution in [3.05, 3.63) is 89.7 Å². The number of halogens is 3. The molecule has 1 heterocycles. The van der Waals surface area contributed by atoms with Gasteiger partial charge in [0.1, 0.15) is 5.82 Å². The first-order chi connectivity index (χ1) is 15.1. The van der Waals surface area contributed by atoms with E-state index in [0.717, 1.165) is 45.7 Å². The molecule has 4 aromatic rings. The van der Waals surface area contributed by atoms with Crippen LogP contribution in [0.4, 0.5) is 13.2 Å². The van der Waals surface area contributed by atoms with Crippen molar-refractivity contribution in [2.45, 2.75) is 44.4 Å². The number of benzene rings is 3. The summed E-state index contributed by atoms with van der Waals surface area (Å²) in [4.78, 5) is 8.13. The SMILES string of the molecule is CC(C)(O)c1ccccc1-c1ccc2nc(C3CC3)[nH]c2c1.FC(F)(F)c1ccccc1. The molecule has 0 unspecified atom stereocenters. The van der Waals surface area contributed by atoms with Gasteiger partial charge in [-0.15, -0.1) is 0 Å². The Morgan fingerprint density at radius 3 is 2.16 bits per heavy atom. The second-order valence-corrected chi connectivity index (χ2v) is 8.60. The summed E-state index contributed by atoms with van der Waals surface area (Å²) in [5.74, 6) is 1.74. The van der Waals surface area contributed by atoms with Crippen molar-refractivity contribution < 1.29 is 18.3 Å². The zero-order chi connectivity index (χ0) is 22.9. The third-order valence-electron chi connectivity index (χ3n) is 5.46. The number of nitrogens with zero attached hydrogens (tertiary/aromatic N) is 1. The minimum atomic E-state index is -4.21. The summed E-state index contributed by atoms with van der Waals surface area (Å²) < 4.78 is 35.4. The van der Waals surface area contributed by atoms with Crippen LogP contribution in [0.5, 0.6) is 0 Å². The van der Waals surface area contributed by atoms with Crippen LogP contribution >= 0.6 is 0 Å². The maximum Gasteiger partial charge on any atom is 0.416 e. The number of alkyl halides is 3. The number of hydrogen-bond donors (Lipinski definition) is 2. The maximum atomic E-state index is 11.8. The lowest BCUT2D eigenvalue weighted by molar-refractivity contribution is -0.137. The molecule has 6 heteroatoms. The summed E-state index contributed by atoms with van der Waals surface area (Å²) in [5, 5.41) is 10.4. The van der Waals surface area contributed by atoms with Crippen LogP contribution in [0.3, 0.4) is 0 Å². The first kappa shape index (κ1) is 22.1. The molecular weight excluding hydrogens is 413 g/mol. The Labute approximate surface area is 185 Å². The number of aromatic nitrogens is 2. The smallest absolute Gasteiger partial charge is 0.386 e. The predicted molar refractivity (Wildman–Crippen MR) is 120 cm³/mol. The molecule has 0 bridgehead atoms. The average Bonchev–Trinajstić information content (AvgIpc) is 3.52. The number of fused-ring (bicyclic) bond motifs is 1. The van der Waals surface area contributed by atoms with Gasteiger partial charge in [-0.25, -0.2) is 4.98 Å². The molecule has 5 rings (SSSR count). The Hall–Kier alpha value is -3.12. The summed E-state index contributed by atoms with van der Waals surface area (Å²) in [7, 11) is 0. The fourth-order valence-corrected chi connectivity index (χ4v) is 3.64. The van der Waals surface area contributed by atoms with E-state index in [1.165, 1.54) is 25.0 Å². The highest BCUT2D eigenvalue weighted by Gasteiger charge is 2.29. The van der Waals surface area contributed by atoms with Gasteiger partial charge < -0.3 is 10.1 Å². The minimum Gasteiger partial charge on any atom is -0.386 e. The molecule has 1 saturated carbocycles. The molecule has 3 nitrogen and oxygen atoms in total. The third kappa shape index (κ3) is 5.02. The first-order valence-electron chi connectivity index (χ1n) is 10.6. The monoisotopic (exact) mass is 438 g/mol. The Bertz CT molecular complexity index is 1200. The number of imidazole rings is 1. The van der Waals surface area contributed by atoms with Crippen molar-refractivity contribution in [3.63, 3.8) is 0 Å². The van der Waals surface area contributed by atoms with E-state index in [-0.39, 0.29) is 0 Å². The fourth-order valence-electron chi connectivity index (χ4n) is 3.64. The van der Waals surface area contributed by atoms with Crippen molar-refractivity contribution in [2.75, 3.05) is 0 Å². The van der Waals surface area contributed by atoms with Gasteiger partial charge >= 0.3 is 6.18 Å². The van der Waals surface area contributed by atoms with Crippen LogP contribution in [0.2, 0.25) is 0 Å². The molecule has 1 aliphatic carbocycles. The van der Waals surface area contributed by atoms with E-state index < -0.39 is 17.3 Å². The van der Waals surface area contributed by atoms with Gasteiger partial charge in [0.25, 0.3) is 0 Å². The maximum absolute atomic E-state index is 11.8. The Morgan fingerprint density at radius 2 is 1.56 bits per heavy atom. The molecule has 0 radical (unpaired) electrons. The van der Waals surface area contributed by atoms with E-state index in [1.807, 2.05) is 32.0 Å². The summed E-state index contributed by atoms with van der Waals surface area (Å²) in [5.41, 5.74) is 3.75. The minimum absolute atomic E-state index is 0.602. The lowest BCUT2D eigenvalue weighted by atomic mass is 9.89. The summed E-state index contributed by atoms with van der Waals surface area (Å²) in [6.45, 7) is 3.65. The zero-order valence-corrected chi connectivity index (χ0v) is 17.9. The van der Waals surface area contributed by atoms with Gasteiger partial charge in [-0.3, -0.25) is 0 Å². The number of aromatic amines is 1. The number of rotatable bonds is 3. The van der Waals surface area contributed by atoms with Crippen molar-refractivity contribution in [1.29, 1.82) is 0 Å². The molecule has 0 atom stereocenters. The largest absolute Gasteiger partial charge is 0.416 e. The van der Waals surface area contributed by atoms with Crippen LogP contribution in [0.15, 0.2) is 72.8 Å². The lowest BCUT2D eigenvalue weighted by Crippen LogP contribution is -2.16. The second kappa shape index (κ2) is 8.43. The van der Waals surface area contributed by atoms with E-state index in [2.05, 4.69) is 34.2 Å². The highest BCUT2D eigenvalue weighted by Crippen LogP contribution is 2.39. The van der Waals surface area contributed by atoms with E-state index in [1.54, 1.807) is 6.07 Å². The van der Waals surface area contributed by atoms with Gasteiger partial charge in [-0.05, 0) is 55.5 Å². The second-order valence-electron chi connectivity index (χ2n) is 8.60. The van der Waals surface area contributed by atoms with Crippen LogP contribution in [0, 0.1) is 0 Å². The van der Waals surface area contributed by atoms with Gasteiger partial charge in [0, 0.05) is 5.92 Å². The van der Waals surface area contributed by atoms with Crippen molar-refractivity contribution in [2.24, 2.45) is 0 Å². The summed E-state index contributed by atoms with van der Waals surface area (Å²) in [6.07, 6.45) is -1.72. The summed E-state index contributed by atoms with van der Waals surface area (Å²) >= 11 is 0. The van der Waals surface area contributed by atoms with Crippen LogP contribution < -0.4 is 0 Å². The van der Waals surface area contributed by atoms with E-state index in [9.17, 15) is 18.3 Å². The normalized spacial score (nSPS) is 14.2. The zero-order valence-electron chi connectivity index (χ0n) is 17.9. The molecule has 0 aliphatic heterocycles. The van der Waals surface area contributed by atoms with Crippen LogP contribution in [-0.4, -0.2) is 15.1 Å². The molecule has 1 aliphatic rings. The number of hydrogen-bond acceptors (Lipinski definition) is 2. The first-order valence-corrected chi connectivity index (χ1v) is 10.6. The molecule has 1 aromatic heterocycles.